The molecule has 1 fully saturated rings. The minimum Gasteiger partial charge on any atom is -0.395 e. The van der Waals surface area contributed by atoms with Gasteiger partial charge < -0.3 is 10.2 Å². The van der Waals surface area contributed by atoms with Crippen LogP contribution in [0.1, 0.15) is 0 Å². The molecule has 0 saturated carbocycles. The largest absolute Gasteiger partial charge is 0.395 e. The van der Waals surface area contributed by atoms with Crippen LogP contribution in [-0.4, -0.2) is 61.8 Å². The molecule has 0 radical (unpaired) electrons. The number of hydrogen-bond donors (Lipinski definition) is 2. The first-order valence-corrected chi connectivity index (χ1v) is 5.43. The van der Waals surface area contributed by atoms with Crippen molar-refractivity contribution in [1.82, 2.24) is 4.90 Å². The van der Waals surface area contributed by atoms with E-state index in [0.717, 1.165) is 0 Å². The van der Waals surface area contributed by atoms with E-state index in [1.54, 1.807) is 0 Å². The van der Waals surface area contributed by atoms with Crippen molar-refractivity contribution in [3.8, 4) is 0 Å². The summed E-state index contributed by atoms with van der Waals surface area (Å²) in [4.78, 5) is 1.48. The first kappa shape index (κ1) is 10.9. The summed E-state index contributed by atoms with van der Waals surface area (Å²) in [6.07, 6.45) is 0. The number of aliphatic hydroxyl groups excluding tert-OH is 2. The molecule has 0 aliphatic carbocycles. The van der Waals surface area contributed by atoms with E-state index < -0.39 is 15.5 Å². The normalized spacial score (nSPS) is 25.9. The highest BCUT2D eigenvalue weighted by molar-refractivity contribution is 7.88. The maximum absolute atomic E-state index is 11.0. The van der Waals surface area contributed by atoms with Gasteiger partial charge in [0, 0.05) is 13.1 Å². The molecule has 2 N–H and O–H groups in total. The van der Waals surface area contributed by atoms with E-state index in [1.807, 2.05) is 0 Å². The number of nitrogens with zero attached hydrogens (tertiary/aromatic N) is 1. The minimum absolute atomic E-state index is 0.113. The molecule has 1 heterocycles. The van der Waals surface area contributed by atoms with Crippen LogP contribution in [0.2, 0.25) is 0 Å². The van der Waals surface area contributed by atoms with Gasteiger partial charge in [-0.15, -0.1) is 0 Å². The van der Waals surface area contributed by atoms with E-state index in [1.165, 1.54) is 4.90 Å². The molecule has 1 unspecified atom stereocenters. The van der Waals surface area contributed by atoms with Crippen LogP contribution in [-0.2, 0) is 14.3 Å². The van der Waals surface area contributed by atoms with Crippen molar-refractivity contribution < 1.29 is 22.8 Å². The fraction of sp³-hybridized carbons (Fsp3) is 1.00. The molecule has 0 aromatic rings. The molecular weight excluding hydrogens is 198 g/mol. The smallest absolute Gasteiger partial charge is 0.286 e. The summed E-state index contributed by atoms with van der Waals surface area (Å²) < 4.78 is 26.3. The molecule has 1 rings (SSSR count). The maximum atomic E-state index is 11.0. The molecule has 1 aliphatic heterocycles. The van der Waals surface area contributed by atoms with Gasteiger partial charge in [-0.2, -0.15) is 8.42 Å². The zero-order valence-electron chi connectivity index (χ0n) is 7.09. The van der Waals surface area contributed by atoms with Crippen molar-refractivity contribution in [3.63, 3.8) is 0 Å². The lowest BCUT2D eigenvalue weighted by molar-refractivity contribution is 0.0894. The molecule has 0 amide bonds. The van der Waals surface area contributed by atoms with Gasteiger partial charge >= 0.3 is 0 Å². The number of aliphatic hydroxyl groups is 2. The van der Waals surface area contributed by atoms with Gasteiger partial charge in [0.05, 0.1) is 19.8 Å². The molecule has 0 spiro atoms. The summed E-state index contributed by atoms with van der Waals surface area (Å²) in [6.45, 7) is 0.308. The second-order valence-corrected chi connectivity index (χ2v) is 4.48. The standard InChI is InChI=1S/C6H13NO5S/c8-3-1-7(2-4-9)6-5-12-13(6,10)11/h6,8-9H,1-5H2. The van der Waals surface area contributed by atoms with E-state index in [9.17, 15) is 8.42 Å². The Labute approximate surface area is 76.9 Å². The average Bonchev–Trinajstić information content (AvgIpc) is 2.04. The highest BCUT2D eigenvalue weighted by Crippen LogP contribution is 2.20. The van der Waals surface area contributed by atoms with Gasteiger partial charge in [-0.25, -0.2) is 0 Å². The molecule has 0 bridgehead atoms. The lowest BCUT2D eigenvalue weighted by atomic mass is 10.4. The fourth-order valence-electron chi connectivity index (χ4n) is 1.18. The number of hydrogen-bond acceptors (Lipinski definition) is 6. The Kier molecular flexibility index (Phi) is 3.63. The van der Waals surface area contributed by atoms with Gasteiger partial charge in [0.15, 0.2) is 5.37 Å². The predicted octanol–water partition coefficient (Wildman–Crippen LogP) is -2.04. The van der Waals surface area contributed by atoms with Crippen LogP contribution < -0.4 is 0 Å². The van der Waals surface area contributed by atoms with Crippen molar-refractivity contribution in [2.45, 2.75) is 5.37 Å². The average molecular weight is 211 g/mol. The molecule has 1 aliphatic rings. The molecule has 7 heteroatoms. The third kappa shape index (κ3) is 2.38. The highest BCUT2D eigenvalue weighted by atomic mass is 32.2. The van der Waals surface area contributed by atoms with Crippen molar-refractivity contribution in [3.05, 3.63) is 0 Å². The van der Waals surface area contributed by atoms with E-state index in [0.29, 0.717) is 0 Å². The molecule has 13 heavy (non-hydrogen) atoms. The minimum atomic E-state index is -3.46. The monoisotopic (exact) mass is 211 g/mol. The van der Waals surface area contributed by atoms with Crippen molar-refractivity contribution in [1.29, 1.82) is 0 Å². The zero-order chi connectivity index (χ0) is 9.90. The predicted molar refractivity (Wildman–Crippen MR) is 44.4 cm³/mol. The van der Waals surface area contributed by atoms with Crippen LogP contribution >= 0.6 is 0 Å². The second-order valence-electron chi connectivity index (χ2n) is 2.72. The van der Waals surface area contributed by atoms with E-state index in [-0.39, 0.29) is 32.9 Å². The van der Waals surface area contributed by atoms with Crippen LogP contribution in [0.15, 0.2) is 0 Å². The Morgan fingerprint density at radius 1 is 1.31 bits per heavy atom. The lowest BCUT2D eigenvalue weighted by Crippen LogP contribution is -2.54. The molecule has 6 nitrogen and oxygen atoms in total. The van der Waals surface area contributed by atoms with Crippen LogP contribution in [0, 0.1) is 0 Å². The van der Waals surface area contributed by atoms with Crippen LogP contribution in [0.4, 0.5) is 0 Å². The first-order chi connectivity index (χ1) is 6.11. The van der Waals surface area contributed by atoms with Crippen LogP contribution in [0.25, 0.3) is 0 Å². The summed E-state index contributed by atoms with van der Waals surface area (Å²) >= 11 is 0. The van der Waals surface area contributed by atoms with Crippen molar-refractivity contribution in [2.75, 3.05) is 32.9 Å². The van der Waals surface area contributed by atoms with Crippen molar-refractivity contribution >= 4 is 10.1 Å². The fourth-order valence-corrected chi connectivity index (χ4v) is 2.24. The summed E-state index contributed by atoms with van der Waals surface area (Å²) in [7, 11) is -3.46. The first-order valence-electron chi connectivity index (χ1n) is 3.96. The maximum Gasteiger partial charge on any atom is 0.286 e. The van der Waals surface area contributed by atoms with Gasteiger partial charge in [-0.1, -0.05) is 0 Å². The lowest BCUT2D eigenvalue weighted by Gasteiger charge is -2.35. The van der Waals surface area contributed by atoms with E-state index in [2.05, 4.69) is 4.18 Å². The Bertz CT molecular complexity index is 246. The molecule has 1 saturated heterocycles. The van der Waals surface area contributed by atoms with Gasteiger partial charge in [0.1, 0.15) is 0 Å². The third-order valence-corrected chi connectivity index (χ3v) is 3.46. The molecule has 1 atom stereocenters. The Balaban J connectivity index is 2.54. The zero-order valence-corrected chi connectivity index (χ0v) is 7.90. The number of rotatable bonds is 5. The Morgan fingerprint density at radius 3 is 2.08 bits per heavy atom. The Hall–Kier alpha value is -0.210. The third-order valence-electron chi connectivity index (χ3n) is 1.89. The molecule has 0 aromatic carbocycles. The van der Waals surface area contributed by atoms with E-state index in [4.69, 9.17) is 10.2 Å². The van der Waals surface area contributed by atoms with Gasteiger partial charge in [0.25, 0.3) is 10.1 Å². The molecule has 78 valence electrons. The summed E-state index contributed by atoms with van der Waals surface area (Å²) in [5, 5.41) is 16.6. The summed E-state index contributed by atoms with van der Waals surface area (Å²) in [6, 6.07) is 0. The quantitative estimate of drug-likeness (QED) is 0.509. The second kappa shape index (κ2) is 4.34. The van der Waals surface area contributed by atoms with E-state index >= 15 is 0 Å². The van der Waals surface area contributed by atoms with Gasteiger partial charge in [0.2, 0.25) is 0 Å². The van der Waals surface area contributed by atoms with Gasteiger partial charge in [-0.05, 0) is 0 Å². The van der Waals surface area contributed by atoms with Crippen LogP contribution in [0.5, 0.6) is 0 Å². The van der Waals surface area contributed by atoms with Gasteiger partial charge in [-0.3, -0.25) is 9.08 Å². The molecular formula is C6H13NO5S. The SMILES string of the molecule is O=S1(=O)OCC1N(CCO)CCO. The topological polar surface area (TPSA) is 87.1 Å². The Morgan fingerprint density at radius 2 is 1.85 bits per heavy atom. The summed E-state index contributed by atoms with van der Waals surface area (Å²) in [5.74, 6) is 0. The highest BCUT2D eigenvalue weighted by Gasteiger charge is 2.41. The van der Waals surface area contributed by atoms with Crippen LogP contribution in [0.3, 0.4) is 0 Å². The van der Waals surface area contributed by atoms with Crippen molar-refractivity contribution in [2.24, 2.45) is 0 Å². The summed E-state index contributed by atoms with van der Waals surface area (Å²) in [5.41, 5.74) is 0. The molecule has 0 aromatic heterocycles.